The Labute approximate surface area is 123 Å². The van der Waals surface area contributed by atoms with E-state index in [2.05, 4.69) is 0 Å². The quantitative estimate of drug-likeness (QED) is 0.496. The lowest BCUT2D eigenvalue weighted by Crippen LogP contribution is -1.80. The lowest BCUT2D eigenvalue weighted by atomic mass is 10.2. The average molecular weight is 314 g/mol. The van der Waals surface area contributed by atoms with E-state index in [4.69, 9.17) is 0 Å². The van der Waals surface area contributed by atoms with Gasteiger partial charge in [-0.1, -0.05) is 45.9 Å². The molecule has 2 rings (SSSR count). The second-order valence-corrected chi connectivity index (χ2v) is 8.08. The van der Waals surface area contributed by atoms with Crippen LogP contribution >= 0.6 is 31.4 Å². The van der Waals surface area contributed by atoms with Crippen LogP contribution in [0.1, 0.15) is 11.1 Å². The molecule has 0 saturated heterocycles. The van der Waals surface area contributed by atoms with Crippen LogP contribution in [0.15, 0.2) is 48.5 Å². The van der Waals surface area contributed by atoms with Crippen molar-refractivity contribution in [2.45, 2.75) is 11.5 Å². The molecule has 0 N–H and O–H groups in total. The van der Waals surface area contributed by atoms with Crippen LogP contribution in [0, 0.1) is 11.6 Å². The molecule has 0 saturated carbocycles. The van der Waals surface area contributed by atoms with Crippen molar-refractivity contribution in [2.75, 3.05) is 0 Å². The van der Waals surface area contributed by atoms with Crippen LogP contribution in [0.25, 0.3) is 0 Å². The predicted octanol–water partition coefficient (Wildman–Crippen LogP) is 5.69. The molecule has 0 radical (unpaired) electrons. The molecule has 0 aliphatic rings. The van der Waals surface area contributed by atoms with Crippen molar-refractivity contribution in [2.24, 2.45) is 0 Å². The Morgan fingerprint density at radius 1 is 0.632 bits per heavy atom. The SMILES string of the molecule is Fc1ccc(CSSSCc2ccc(F)cc2)cc1. The molecule has 0 bridgehead atoms. The van der Waals surface area contributed by atoms with Crippen LogP contribution in [0.3, 0.4) is 0 Å². The lowest BCUT2D eigenvalue weighted by Gasteiger charge is -2.02. The molecule has 0 spiro atoms. The third kappa shape index (κ3) is 5.47. The molecule has 0 atom stereocenters. The Morgan fingerprint density at radius 2 is 1.00 bits per heavy atom. The van der Waals surface area contributed by atoms with Crippen molar-refractivity contribution < 1.29 is 8.78 Å². The van der Waals surface area contributed by atoms with Gasteiger partial charge in [0.1, 0.15) is 11.6 Å². The molecule has 0 aromatic heterocycles. The topological polar surface area (TPSA) is 0 Å². The van der Waals surface area contributed by atoms with Gasteiger partial charge in [0.15, 0.2) is 0 Å². The lowest BCUT2D eigenvalue weighted by molar-refractivity contribution is 0.627. The van der Waals surface area contributed by atoms with Gasteiger partial charge in [-0.05, 0) is 45.2 Å². The van der Waals surface area contributed by atoms with E-state index in [1.807, 2.05) is 0 Å². The molecule has 0 aliphatic carbocycles. The normalized spacial score (nSPS) is 10.6. The number of benzene rings is 2. The molecule has 2 aromatic carbocycles. The minimum absolute atomic E-state index is 0.202. The summed E-state index contributed by atoms with van der Waals surface area (Å²) in [4.78, 5) is 0. The minimum atomic E-state index is -0.202. The van der Waals surface area contributed by atoms with Gasteiger partial charge in [-0.25, -0.2) is 8.78 Å². The first kappa shape index (κ1) is 14.8. The zero-order chi connectivity index (χ0) is 13.5. The Kier molecular flexibility index (Phi) is 6.07. The molecule has 2 aromatic rings. The van der Waals surface area contributed by atoms with E-state index in [-0.39, 0.29) is 11.6 Å². The summed E-state index contributed by atoms with van der Waals surface area (Å²) in [7, 11) is 5.13. The molecule has 0 heterocycles. The fraction of sp³-hybridized carbons (Fsp3) is 0.143. The fourth-order valence-corrected chi connectivity index (χ4v) is 4.99. The van der Waals surface area contributed by atoms with E-state index in [1.165, 1.54) is 24.3 Å². The second kappa shape index (κ2) is 7.82. The monoisotopic (exact) mass is 314 g/mol. The van der Waals surface area contributed by atoms with Gasteiger partial charge in [-0.15, -0.1) is 0 Å². The van der Waals surface area contributed by atoms with Crippen LogP contribution in [0.4, 0.5) is 8.78 Å². The Bertz CT molecular complexity index is 450. The molecule has 0 aliphatic heterocycles. The highest BCUT2D eigenvalue weighted by atomic mass is 33.5. The summed E-state index contributed by atoms with van der Waals surface area (Å²) in [5.41, 5.74) is 2.22. The summed E-state index contributed by atoms with van der Waals surface area (Å²) >= 11 is 0. The van der Waals surface area contributed by atoms with Gasteiger partial charge in [0.05, 0.1) is 0 Å². The van der Waals surface area contributed by atoms with Crippen molar-refractivity contribution in [3.8, 4) is 0 Å². The van der Waals surface area contributed by atoms with Gasteiger partial charge in [-0.3, -0.25) is 0 Å². The summed E-state index contributed by atoms with van der Waals surface area (Å²) in [6, 6.07) is 13.1. The van der Waals surface area contributed by atoms with Crippen LogP contribution in [0.5, 0.6) is 0 Å². The van der Waals surface area contributed by atoms with E-state index in [0.717, 1.165) is 22.6 Å². The van der Waals surface area contributed by atoms with Crippen LogP contribution in [-0.2, 0) is 11.5 Å². The van der Waals surface area contributed by atoms with Gasteiger partial charge in [0.25, 0.3) is 0 Å². The Balaban J connectivity index is 1.64. The van der Waals surface area contributed by atoms with Gasteiger partial charge < -0.3 is 0 Å². The van der Waals surface area contributed by atoms with Crippen molar-refractivity contribution in [1.82, 2.24) is 0 Å². The molecule has 0 nitrogen and oxygen atoms in total. The summed E-state index contributed by atoms with van der Waals surface area (Å²) in [6.45, 7) is 0. The number of hydrogen-bond acceptors (Lipinski definition) is 3. The van der Waals surface area contributed by atoms with Crippen molar-refractivity contribution >= 4 is 31.4 Å². The summed E-state index contributed by atoms with van der Waals surface area (Å²) in [5, 5.41) is 0. The molecule has 19 heavy (non-hydrogen) atoms. The van der Waals surface area contributed by atoms with Crippen molar-refractivity contribution in [3.05, 3.63) is 71.3 Å². The molecule has 5 heteroatoms. The first-order valence-corrected chi connectivity index (χ1v) is 9.46. The Hall–Kier alpha value is -0.650. The summed E-state index contributed by atoms with van der Waals surface area (Å²) < 4.78 is 25.4. The van der Waals surface area contributed by atoms with Gasteiger partial charge in [-0.2, -0.15) is 0 Å². The zero-order valence-electron chi connectivity index (χ0n) is 10.0. The van der Waals surface area contributed by atoms with E-state index in [0.29, 0.717) is 0 Å². The van der Waals surface area contributed by atoms with Crippen LogP contribution in [0.2, 0.25) is 0 Å². The molecule has 0 amide bonds. The van der Waals surface area contributed by atoms with Crippen molar-refractivity contribution in [3.63, 3.8) is 0 Å². The maximum Gasteiger partial charge on any atom is 0.123 e. The Morgan fingerprint density at radius 3 is 1.37 bits per heavy atom. The molecule has 0 fully saturated rings. The highest BCUT2D eigenvalue weighted by molar-refractivity contribution is 9.09. The average Bonchev–Trinajstić information content (AvgIpc) is 2.43. The largest absolute Gasteiger partial charge is 0.207 e. The van der Waals surface area contributed by atoms with Crippen LogP contribution in [-0.4, -0.2) is 0 Å². The third-order valence-electron chi connectivity index (χ3n) is 2.37. The van der Waals surface area contributed by atoms with Gasteiger partial charge in [0, 0.05) is 11.5 Å². The maximum atomic E-state index is 12.7. The highest BCUT2D eigenvalue weighted by Gasteiger charge is 1.98. The predicted molar refractivity (Wildman–Crippen MR) is 83.0 cm³/mol. The third-order valence-corrected chi connectivity index (χ3v) is 6.49. The minimum Gasteiger partial charge on any atom is -0.207 e. The maximum absolute atomic E-state index is 12.7. The fourth-order valence-electron chi connectivity index (χ4n) is 1.38. The first-order valence-electron chi connectivity index (χ1n) is 5.64. The van der Waals surface area contributed by atoms with E-state index < -0.39 is 0 Å². The molecule has 100 valence electrons. The second-order valence-electron chi connectivity index (χ2n) is 3.85. The first-order chi connectivity index (χ1) is 9.24. The standard InChI is InChI=1S/C14H12F2S3/c15-13-5-1-11(2-6-13)9-17-19-18-10-12-3-7-14(16)8-4-12/h1-8H,9-10H2. The van der Waals surface area contributed by atoms with Crippen LogP contribution < -0.4 is 0 Å². The molecular formula is C14H12F2S3. The van der Waals surface area contributed by atoms with E-state index in [9.17, 15) is 8.78 Å². The summed E-state index contributed by atoms with van der Waals surface area (Å²) in [6.07, 6.45) is 0. The smallest absolute Gasteiger partial charge is 0.123 e. The highest BCUT2D eigenvalue weighted by Crippen LogP contribution is 2.38. The van der Waals surface area contributed by atoms with E-state index in [1.54, 1.807) is 55.7 Å². The van der Waals surface area contributed by atoms with Gasteiger partial charge >= 0.3 is 0 Å². The summed E-state index contributed by atoms with van der Waals surface area (Å²) in [5.74, 6) is 1.29. The van der Waals surface area contributed by atoms with E-state index >= 15 is 0 Å². The molecular weight excluding hydrogens is 302 g/mol. The zero-order valence-corrected chi connectivity index (χ0v) is 12.5. The van der Waals surface area contributed by atoms with Gasteiger partial charge in [0.2, 0.25) is 0 Å². The molecule has 0 unspecified atom stereocenters. The number of rotatable bonds is 6. The number of hydrogen-bond donors (Lipinski definition) is 0. The van der Waals surface area contributed by atoms with Crippen molar-refractivity contribution in [1.29, 1.82) is 0 Å². The number of halogens is 2.